The first kappa shape index (κ1) is 15.5. The molecule has 2 N–H and O–H groups in total. The number of furan rings is 1. The maximum absolute atomic E-state index is 12.7. The molecule has 0 radical (unpaired) electrons. The molecule has 0 amide bonds. The molecular formula is C16H20FNO3. The average Bonchev–Trinajstić information content (AvgIpc) is 2.95. The Morgan fingerprint density at radius 3 is 2.57 bits per heavy atom. The van der Waals surface area contributed by atoms with Gasteiger partial charge in [0, 0.05) is 13.0 Å². The highest BCUT2D eigenvalue weighted by Gasteiger charge is 2.06. The zero-order chi connectivity index (χ0) is 15.1. The van der Waals surface area contributed by atoms with E-state index in [1.807, 2.05) is 19.1 Å². The molecule has 0 spiro atoms. The Morgan fingerprint density at radius 2 is 1.90 bits per heavy atom. The lowest BCUT2D eigenvalue weighted by atomic mass is 10.3. The van der Waals surface area contributed by atoms with Crippen LogP contribution in [0.4, 0.5) is 4.39 Å². The SMILES string of the molecule is CCc1ccc(CNCC(O)COc2ccc(F)cc2)o1. The maximum atomic E-state index is 12.7. The number of aliphatic hydroxyl groups excluding tert-OH is 1. The third-order valence-electron chi connectivity index (χ3n) is 3.00. The lowest BCUT2D eigenvalue weighted by Crippen LogP contribution is -2.31. The van der Waals surface area contributed by atoms with E-state index in [4.69, 9.17) is 9.15 Å². The fourth-order valence-corrected chi connectivity index (χ4v) is 1.85. The van der Waals surface area contributed by atoms with E-state index in [0.29, 0.717) is 18.8 Å². The highest BCUT2D eigenvalue weighted by atomic mass is 19.1. The van der Waals surface area contributed by atoms with Gasteiger partial charge >= 0.3 is 0 Å². The summed E-state index contributed by atoms with van der Waals surface area (Å²) in [7, 11) is 0. The van der Waals surface area contributed by atoms with Gasteiger partial charge in [-0.25, -0.2) is 4.39 Å². The summed E-state index contributed by atoms with van der Waals surface area (Å²) in [5.41, 5.74) is 0. The molecule has 114 valence electrons. The Morgan fingerprint density at radius 1 is 1.19 bits per heavy atom. The Balaban J connectivity index is 1.65. The number of halogens is 1. The standard InChI is InChI=1S/C16H20FNO3/c1-2-14-7-8-16(21-14)10-18-9-13(19)11-20-15-5-3-12(17)4-6-15/h3-8,13,18-19H,2,9-11H2,1H3. The monoisotopic (exact) mass is 293 g/mol. The van der Waals surface area contributed by atoms with Gasteiger partial charge in [-0.15, -0.1) is 0 Å². The van der Waals surface area contributed by atoms with E-state index in [1.165, 1.54) is 24.3 Å². The summed E-state index contributed by atoms with van der Waals surface area (Å²) < 4.78 is 23.6. The molecule has 0 aliphatic heterocycles. The maximum Gasteiger partial charge on any atom is 0.123 e. The van der Waals surface area contributed by atoms with Crippen LogP contribution < -0.4 is 10.1 Å². The minimum absolute atomic E-state index is 0.150. The van der Waals surface area contributed by atoms with Crippen molar-refractivity contribution in [3.8, 4) is 5.75 Å². The van der Waals surface area contributed by atoms with Gasteiger partial charge in [0.05, 0.1) is 6.54 Å². The molecule has 1 heterocycles. The van der Waals surface area contributed by atoms with E-state index < -0.39 is 6.10 Å². The van der Waals surface area contributed by atoms with Gasteiger partial charge in [0.25, 0.3) is 0 Å². The van der Waals surface area contributed by atoms with Crippen molar-refractivity contribution in [1.29, 1.82) is 0 Å². The summed E-state index contributed by atoms with van der Waals surface area (Å²) in [5.74, 6) is 2.02. The summed E-state index contributed by atoms with van der Waals surface area (Å²) in [6.45, 7) is 3.14. The largest absolute Gasteiger partial charge is 0.491 e. The summed E-state index contributed by atoms with van der Waals surface area (Å²) in [4.78, 5) is 0. The molecule has 5 heteroatoms. The number of benzene rings is 1. The zero-order valence-electron chi connectivity index (χ0n) is 12.0. The van der Waals surface area contributed by atoms with Crippen LogP contribution in [-0.4, -0.2) is 24.4 Å². The van der Waals surface area contributed by atoms with Gasteiger partial charge in [-0.2, -0.15) is 0 Å². The van der Waals surface area contributed by atoms with E-state index >= 15 is 0 Å². The molecule has 1 aromatic carbocycles. The molecule has 0 aliphatic carbocycles. The van der Waals surface area contributed by atoms with E-state index in [0.717, 1.165) is 17.9 Å². The Labute approximate surface area is 123 Å². The smallest absolute Gasteiger partial charge is 0.123 e. The lowest BCUT2D eigenvalue weighted by molar-refractivity contribution is 0.105. The van der Waals surface area contributed by atoms with Crippen LogP contribution in [0.1, 0.15) is 18.4 Å². The summed E-state index contributed by atoms with van der Waals surface area (Å²) in [6.07, 6.45) is 0.226. The Bertz CT molecular complexity index is 539. The summed E-state index contributed by atoms with van der Waals surface area (Å²) >= 11 is 0. The molecule has 2 rings (SSSR count). The normalized spacial score (nSPS) is 12.3. The zero-order valence-corrected chi connectivity index (χ0v) is 12.0. The molecule has 1 aromatic heterocycles. The number of rotatable bonds is 8. The first-order valence-corrected chi connectivity index (χ1v) is 7.02. The predicted octanol–water partition coefficient (Wildman–Crippen LogP) is 2.51. The number of aliphatic hydroxyl groups is 1. The number of ether oxygens (including phenoxy) is 1. The van der Waals surface area contributed by atoms with E-state index in [-0.39, 0.29) is 12.4 Å². The van der Waals surface area contributed by atoms with Crippen LogP contribution >= 0.6 is 0 Å². The quantitative estimate of drug-likeness (QED) is 0.785. The van der Waals surface area contributed by atoms with Crippen LogP contribution in [0.2, 0.25) is 0 Å². The predicted molar refractivity (Wildman–Crippen MR) is 77.7 cm³/mol. The van der Waals surface area contributed by atoms with Crippen molar-refractivity contribution in [2.45, 2.75) is 26.0 Å². The summed E-state index contributed by atoms with van der Waals surface area (Å²) in [5, 5.41) is 12.9. The number of aryl methyl sites for hydroxylation is 1. The minimum Gasteiger partial charge on any atom is -0.491 e. The first-order valence-electron chi connectivity index (χ1n) is 7.02. The van der Waals surface area contributed by atoms with Crippen molar-refractivity contribution in [2.75, 3.05) is 13.2 Å². The van der Waals surface area contributed by atoms with Gasteiger partial charge in [0.1, 0.15) is 35.8 Å². The molecule has 0 saturated carbocycles. The van der Waals surface area contributed by atoms with E-state index in [1.54, 1.807) is 0 Å². The van der Waals surface area contributed by atoms with Crippen molar-refractivity contribution in [2.24, 2.45) is 0 Å². The minimum atomic E-state index is -0.643. The molecular weight excluding hydrogens is 273 g/mol. The van der Waals surface area contributed by atoms with E-state index in [9.17, 15) is 9.50 Å². The van der Waals surface area contributed by atoms with Gasteiger partial charge < -0.3 is 19.6 Å². The molecule has 4 nitrogen and oxygen atoms in total. The van der Waals surface area contributed by atoms with Crippen LogP contribution in [0.3, 0.4) is 0 Å². The van der Waals surface area contributed by atoms with Crippen molar-refractivity contribution in [3.63, 3.8) is 0 Å². The highest BCUT2D eigenvalue weighted by molar-refractivity contribution is 5.22. The van der Waals surface area contributed by atoms with Crippen LogP contribution in [0.5, 0.6) is 5.75 Å². The van der Waals surface area contributed by atoms with Crippen LogP contribution in [0, 0.1) is 5.82 Å². The fraction of sp³-hybridized carbons (Fsp3) is 0.375. The number of nitrogens with one attached hydrogen (secondary N) is 1. The van der Waals surface area contributed by atoms with Crippen molar-refractivity contribution < 1.29 is 18.7 Å². The molecule has 1 atom stereocenters. The van der Waals surface area contributed by atoms with Gasteiger partial charge in [-0.1, -0.05) is 6.92 Å². The van der Waals surface area contributed by atoms with E-state index in [2.05, 4.69) is 5.32 Å². The lowest BCUT2D eigenvalue weighted by Gasteiger charge is -2.12. The highest BCUT2D eigenvalue weighted by Crippen LogP contribution is 2.11. The van der Waals surface area contributed by atoms with Gasteiger partial charge in [-0.3, -0.25) is 0 Å². The number of hydrogen-bond acceptors (Lipinski definition) is 4. The van der Waals surface area contributed by atoms with Gasteiger partial charge in [-0.05, 0) is 36.4 Å². The number of hydrogen-bond donors (Lipinski definition) is 2. The van der Waals surface area contributed by atoms with Crippen molar-refractivity contribution in [3.05, 3.63) is 53.7 Å². The second-order valence-corrected chi connectivity index (χ2v) is 4.77. The average molecular weight is 293 g/mol. The molecule has 0 saturated heterocycles. The van der Waals surface area contributed by atoms with Crippen molar-refractivity contribution >= 4 is 0 Å². The second kappa shape index (κ2) is 7.81. The van der Waals surface area contributed by atoms with Crippen molar-refractivity contribution in [1.82, 2.24) is 5.32 Å². The van der Waals surface area contributed by atoms with Crippen LogP contribution in [-0.2, 0) is 13.0 Å². The fourth-order valence-electron chi connectivity index (χ4n) is 1.85. The third kappa shape index (κ3) is 5.21. The Hall–Kier alpha value is -1.85. The topological polar surface area (TPSA) is 54.6 Å². The molecule has 1 unspecified atom stereocenters. The third-order valence-corrected chi connectivity index (χ3v) is 3.00. The molecule has 2 aromatic rings. The Kier molecular flexibility index (Phi) is 5.78. The van der Waals surface area contributed by atoms with Crippen LogP contribution in [0.25, 0.3) is 0 Å². The van der Waals surface area contributed by atoms with Gasteiger partial charge in [0.15, 0.2) is 0 Å². The molecule has 0 fully saturated rings. The molecule has 0 aliphatic rings. The van der Waals surface area contributed by atoms with Crippen LogP contribution in [0.15, 0.2) is 40.8 Å². The first-order chi connectivity index (χ1) is 10.2. The van der Waals surface area contributed by atoms with Gasteiger partial charge in [0.2, 0.25) is 0 Å². The molecule has 21 heavy (non-hydrogen) atoms. The molecule has 0 bridgehead atoms. The second-order valence-electron chi connectivity index (χ2n) is 4.77. The summed E-state index contributed by atoms with van der Waals surface area (Å²) in [6, 6.07) is 9.58.